The molecule has 2 aromatic heterocycles. The first-order chi connectivity index (χ1) is 8.18. The number of nitrogens with one attached hydrogen (secondary N) is 1. The minimum atomic E-state index is -0.545. The molecule has 0 radical (unpaired) electrons. The van der Waals surface area contributed by atoms with E-state index in [0.29, 0.717) is 11.0 Å². The molecule has 0 bridgehead atoms. The van der Waals surface area contributed by atoms with Crippen LogP contribution in [0.25, 0.3) is 11.0 Å². The molecule has 1 fully saturated rings. The molecular weight excluding hydrogens is 246 g/mol. The van der Waals surface area contributed by atoms with E-state index >= 15 is 0 Å². The Morgan fingerprint density at radius 2 is 2.29 bits per heavy atom. The maximum Gasteiger partial charge on any atom is 0.306 e. The Morgan fingerprint density at radius 1 is 1.53 bits per heavy atom. The molecule has 0 aromatic carbocycles. The van der Waals surface area contributed by atoms with Crippen LogP contribution in [0.2, 0.25) is 5.02 Å². The summed E-state index contributed by atoms with van der Waals surface area (Å²) in [5, 5.41) is 18.6. The summed E-state index contributed by atoms with van der Waals surface area (Å²) in [7, 11) is 0. The molecule has 8 heteroatoms. The van der Waals surface area contributed by atoms with Crippen molar-refractivity contribution in [2.45, 2.75) is 6.04 Å². The molecule has 7 nitrogen and oxygen atoms in total. The van der Waals surface area contributed by atoms with Gasteiger partial charge in [0.2, 0.25) is 0 Å². The molecule has 3 rings (SSSR count). The highest BCUT2D eigenvalue weighted by molar-refractivity contribution is 6.37. The molecule has 88 valence electrons. The van der Waals surface area contributed by atoms with Crippen molar-refractivity contribution in [2.75, 3.05) is 13.1 Å². The third-order valence-corrected chi connectivity index (χ3v) is 3.24. The molecule has 0 aliphatic carbocycles. The second kappa shape index (κ2) is 3.64. The summed E-state index contributed by atoms with van der Waals surface area (Å²) in [5.74, 6) is 0. The van der Waals surface area contributed by atoms with Crippen LogP contribution in [0.15, 0.2) is 12.4 Å². The molecule has 3 heterocycles. The minimum absolute atomic E-state index is 0.0959. The lowest BCUT2D eigenvalue weighted by Gasteiger charge is -2.27. The van der Waals surface area contributed by atoms with Crippen LogP contribution in [0, 0.1) is 10.1 Å². The van der Waals surface area contributed by atoms with Gasteiger partial charge in [0, 0.05) is 13.1 Å². The van der Waals surface area contributed by atoms with Crippen molar-refractivity contribution in [2.24, 2.45) is 0 Å². The van der Waals surface area contributed by atoms with Gasteiger partial charge in [-0.1, -0.05) is 11.6 Å². The van der Waals surface area contributed by atoms with E-state index in [2.05, 4.69) is 15.4 Å². The first-order valence-electron chi connectivity index (χ1n) is 5.05. The van der Waals surface area contributed by atoms with Crippen LogP contribution in [0.3, 0.4) is 0 Å². The molecule has 17 heavy (non-hydrogen) atoms. The van der Waals surface area contributed by atoms with Crippen LogP contribution in [-0.4, -0.2) is 32.8 Å². The quantitative estimate of drug-likeness (QED) is 0.641. The van der Waals surface area contributed by atoms with Crippen LogP contribution in [-0.2, 0) is 0 Å². The molecule has 0 atom stereocenters. The number of rotatable bonds is 2. The summed E-state index contributed by atoms with van der Waals surface area (Å²) in [4.78, 5) is 14.2. The third kappa shape index (κ3) is 1.47. The lowest BCUT2D eigenvalue weighted by Crippen LogP contribution is -2.43. The Hall–Kier alpha value is -1.73. The Kier molecular flexibility index (Phi) is 2.23. The monoisotopic (exact) mass is 253 g/mol. The third-order valence-electron chi connectivity index (χ3n) is 2.84. The number of nitro groups is 1. The fraction of sp³-hybridized carbons (Fsp3) is 0.333. The molecule has 1 aliphatic heterocycles. The smallest absolute Gasteiger partial charge is 0.306 e. The topological polar surface area (TPSA) is 85.9 Å². The van der Waals surface area contributed by atoms with Gasteiger partial charge in [0.1, 0.15) is 11.2 Å². The van der Waals surface area contributed by atoms with E-state index < -0.39 is 4.92 Å². The number of halogens is 1. The van der Waals surface area contributed by atoms with Gasteiger partial charge in [0.25, 0.3) is 0 Å². The van der Waals surface area contributed by atoms with Crippen LogP contribution in [0.4, 0.5) is 5.69 Å². The number of nitrogens with zero attached hydrogens (tertiary/aromatic N) is 4. The van der Waals surface area contributed by atoms with Gasteiger partial charge in [0.15, 0.2) is 5.65 Å². The van der Waals surface area contributed by atoms with E-state index in [4.69, 9.17) is 11.6 Å². The Labute approximate surface area is 101 Å². The van der Waals surface area contributed by atoms with Crippen molar-refractivity contribution in [3.05, 3.63) is 27.5 Å². The summed E-state index contributed by atoms with van der Waals surface area (Å²) in [5.41, 5.74) is 0.401. The van der Waals surface area contributed by atoms with E-state index in [1.807, 2.05) is 0 Å². The highest BCUT2D eigenvalue weighted by atomic mass is 35.5. The van der Waals surface area contributed by atoms with Crippen molar-refractivity contribution in [1.82, 2.24) is 20.1 Å². The first-order valence-corrected chi connectivity index (χ1v) is 5.43. The van der Waals surface area contributed by atoms with Crippen molar-refractivity contribution in [3.63, 3.8) is 0 Å². The zero-order valence-corrected chi connectivity index (χ0v) is 9.39. The first kappa shape index (κ1) is 10.4. The molecule has 1 aliphatic rings. The van der Waals surface area contributed by atoms with Crippen molar-refractivity contribution in [1.29, 1.82) is 0 Å². The van der Waals surface area contributed by atoms with Gasteiger partial charge >= 0.3 is 5.69 Å². The number of hydrogen-bond acceptors (Lipinski definition) is 5. The minimum Gasteiger partial charge on any atom is -0.312 e. The van der Waals surface area contributed by atoms with E-state index in [1.165, 1.54) is 12.4 Å². The Bertz CT molecular complexity index is 607. The molecule has 0 saturated carbocycles. The fourth-order valence-corrected chi connectivity index (χ4v) is 2.05. The Morgan fingerprint density at radius 3 is 2.88 bits per heavy atom. The van der Waals surface area contributed by atoms with Crippen molar-refractivity contribution in [3.8, 4) is 0 Å². The molecule has 0 spiro atoms. The number of fused-ring (bicyclic) bond motifs is 1. The van der Waals surface area contributed by atoms with Crippen molar-refractivity contribution >= 4 is 28.3 Å². The van der Waals surface area contributed by atoms with Crippen LogP contribution in [0.1, 0.15) is 6.04 Å². The molecule has 1 saturated heterocycles. The second-order valence-corrected chi connectivity index (χ2v) is 4.23. The predicted molar refractivity (Wildman–Crippen MR) is 61.1 cm³/mol. The molecule has 2 aromatic rings. The summed E-state index contributed by atoms with van der Waals surface area (Å²) >= 11 is 5.97. The lowest BCUT2D eigenvalue weighted by molar-refractivity contribution is -0.384. The highest BCUT2D eigenvalue weighted by Crippen LogP contribution is 2.31. The van der Waals surface area contributed by atoms with Gasteiger partial charge in [0.05, 0.1) is 22.5 Å². The average molecular weight is 254 g/mol. The zero-order valence-electron chi connectivity index (χ0n) is 8.63. The van der Waals surface area contributed by atoms with Gasteiger partial charge in [-0.2, -0.15) is 5.10 Å². The van der Waals surface area contributed by atoms with E-state index in [0.717, 1.165) is 13.1 Å². The number of pyridine rings is 1. The lowest BCUT2D eigenvalue weighted by atomic mass is 10.2. The maximum absolute atomic E-state index is 10.7. The number of hydrogen-bond donors (Lipinski definition) is 1. The average Bonchev–Trinajstić information content (AvgIpc) is 2.60. The largest absolute Gasteiger partial charge is 0.312 e. The summed E-state index contributed by atoms with van der Waals surface area (Å²) < 4.78 is 1.75. The zero-order chi connectivity index (χ0) is 12.0. The standard InChI is InChI=1S/C9H8ClN5O2/c10-8-6-3-13-14(5-1-11-2-5)9(6)12-4-7(8)15(16)17/h3-5,11H,1-2H2. The number of aromatic nitrogens is 3. The van der Waals surface area contributed by atoms with Gasteiger partial charge in [-0.25, -0.2) is 9.67 Å². The highest BCUT2D eigenvalue weighted by Gasteiger charge is 2.25. The van der Waals surface area contributed by atoms with Crippen molar-refractivity contribution < 1.29 is 4.92 Å². The molecule has 0 unspecified atom stereocenters. The second-order valence-electron chi connectivity index (χ2n) is 3.85. The molecule has 1 N–H and O–H groups in total. The normalized spacial score (nSPS) is 16.1. The predicted octanol–water partition coefficient (Wildman–Crippen LogP) is 1.14. The maximum atomic E-state index is 10.7. The van der Waals surface area contributed by atoms with Gasteiger partial charge in [-0.15, -0.1) is 0 Å². The molecule has 0 amide bonds. The van der Waals surface area contributed by atoms with E-state index in [9.17, 15) is 10.1 Å². The Balaban J connectivity index is 2.18. The van der Waals surface area contributed by atoms with Gasteiger partial charge in [-0.05, 0) is 0 Å². The van der Waals surface area contributed by atoms with E-state index in [1.54, 1.807) is 4.68 Å². The van der Waals surface area contributed by atoms with Crippen LogP contribution >= 0.6 is 11.6 Å². The van der Waals surface area contributed by atoms with E-state index in [-0.39, 0.29) is 16.8 Å². The van der Waals surface area contributed by atoms with Crippen LogP contribution < -0.4 is 5.32 Å². The summed E-state index contributed by atoms with van der Waals surface area (Å²) in [6, 6.07) is 0.248. The molecular formula is C9H8ClN5O2. The van der Waals surface area contributed by atoms with Gasteiger partial charge < -0.3 is 5.32 Å². The van der Waals surface area contributed by atoms with Gasteiger partial charge in [-0.3, -0.25) is 10.1 Å². The SMILES string of the molecule is O=[N+]([O-])c1cnc2c(cnn2C2CNC2)c1Cl. The van der Waals surface area contributed by atoms with Crippen LogP contribution in [0.5, 0.6) is 0 Å². The summed E-state index contributed by atoms with van der Waals surface area (Å²) in [6.45, 7) is 1.65. The summed E-state index contributed by atoms with van der Waals surface area (Å²) in [6.07, 6.45) is 2.70. The fourth-order valence-electron chi connectivity index (χ4n) is 1.80.